The number of ether oxygens (including phenoxy) is 3. The van der Waals surface area contributed by atoms with E-state index in [1.54, 1.807) is 0 Å². The Morgan fingerprint density at radius 2 is 1.79 bits per heavy atom. The molecule has 6 aliphatic rings. The van der Waals surface area contributed by atoms with Crippen molar-refractivity contribution in [2.45, 2.75) is 117 Å². The van der Waals surface area contributed by atoms with Crippen LogP contribution in [0.1, 0.15) is 92.4 Å². The third-order valence-corrected chi connectivity index (χ3v) is 12.2. The summed E-state index contributed by atoms with van der Waals surface area (Å²) in [5, 5.41) is 10.7. The second-order valence-corrected chi connectivity index (χ2v) is 13.8. The third-order valence-electron chi connectivity index (χ3n) is 12.2. The van der Waals surface area contributed by atoms with Crippen LogP contribution in [0, 0.1) is 52.3 Å². The molecule has 34 heavy (non-hydrogen) atoms. The molecular weight excluding hydrogens is 428 g/mol. The van der Waals surface area contributed by atoms with Gasteiger partial charge in [-0.1, -0.05) is 27.7 Å². The monoisotopic (exact) mass is 474 g/mol. The molecule has 0 aromatic carbocycles. The molecule has 0 aromatic heterocycles. The first kappa shape index (κ1) is 23.7. The Bertz CT molecular complexity index is 819. The largest absolute Gasteiger partial charge is 0.460 e. The van der Waals surface area contributed by atoms with Crippen molar-refractivity contribution in [3.63, 3.8) is 0 Å². The molecule has 4 saturated carbocycles. The zero-order valence-electron chi connectivity index (χ0n) is 21.9. The number of fused-ring (bicyclic) bond motifs is 7. The number of carbonyl (C=O) groups is 1. The summed E-state index contributed by atoms with van der Waals surface area (Å²) in [5.74, 6) is 3.72. The van der Waals surface area contributed by atoms with Gasteiger partial charge in [0.05, 0.1) is 18.8 Å². The molecule has 6 fully saturated rings. The SMILES string of the molecule is CC(=O)O[C@H]1C[C@@]2(C)[C@@H](CC[C@@H]3[C@@H]2CC[C@]2(C)[C@@H]4[C@H](C[C@@H]32)O[C@]2(CC[C@@H](C)CO2)[C@H]4C)C[C@H]1O. The van der Waals surface area contributed by atoms with Gasteiger partial charge < -0.3 is 19.3 Å². The zero-order chi connectivity index (χ0) is 24.0. The molecule has 2 saturated heterocycles. The summed E-state index contributed by atoms with van der Waals surface area (Å²) < 4.78 is 19.0. The van der Waals surface area contributed by atoms with Crippen molar-refractivity contribution in [2.75, 3.05) is 6.61 Å². The average Bonchev–Trinajstić information content (AvgIpc) is 3.21. The number of hydrogen-bond acceptors (Lipinski definition) is 5. The van der Waals surface area contributed by atoms with Crippen molar-refractivity contribution in [3.05, 3.63) is 0 Å². The van der Waals surface area contributed by atoms with Crippen LogP contribution in [0.4, 0.5) is 0 Å². The lowest BCUT2D eigenvalue weighted by molar-refractivity contribution is -0.273. The molecule has 0 unspecified atom stereocenters. The molecule has 13 atom stereocenters. The van der Waals surface area contributed by atoms with E-state index in [2.05, 4.69) is 27.7 Å². The number of esters is 1. The Balaban J connectivity index is 1.24. The van der Waals surface area contributed by atoms with Crippen molar-refractivity contribution in [1.82, 2.24) is 0 Å². The summed E-state index contributed by atoms with van der Waals surface area (Å²) in [6.07, 6.45) is 9.53. The summed E-state index contributed by atoms with van der Waals surface area (Å²) in [6.45, 7) is 12.1. The molecule has 192 valence electrons. The molecule has 0 aromatic rings. The van der Waals surface area contributed by atoms with Gasteiger partial charge in [0.1, 0.15) is 6.10 Å². The van der Waals surface area contributed by atoms with Gasteiger partial charge in [0, 0.05) is 19.3 Å². The number of aliphatic hydroxyl groups is 1. The molecule has 1 spiro atoms. The Labute approximate surface area is 205 Å². The van der Waals surface area contributed by atoms with E-state index in [0.29, 0.717) is 47.0 Å². The topological polar surface area (TPSA) is 65.0 Å². The summed E-state index contributed by atoms with van der Waals surface area (Å²) in [5.41, 5.74) is 0.478. The highest BCUT2D eigenvalue weighted by Gasteiger charge is 2.69. The smallest absolute Gasteiger partial charge is 0.302 e. The number of hydrogen-bond donors (Lipinski definition) is 1. The van der Waals surface area contributed by atoms with Gasteiger partial charge in [0.15, 0.2) is 5.79 Å². The van der Waals surface area contributed by atoms with Gasteiger partial charge in [-0.15, -0.1) is 0 Å². The Morgan fingerprint density at radius 3 is 2.50 bits per heavy atom. The van der Waals surface area contributed by atoms with E-state index in [1.165, 1.54) is 45.4 Å². The number of rotatable bonds is 1. The summed E-state index contributed by atoms with van der Waals surface area (Å²) in [6, 6.07) is 0. The number of aliphatic hydroxyl groups excluding tert-OH is 1. The van der Waals surface area contributed by atoms with Gasteiger partial charge in [-0.2, -0.15) is 0 Å². The second-order valence-electron chi connectivity index (χ2n) is 13.8. The maximum atomic E-state index is 11.7. The average molecular weight is 475 g/mol. The van der Waals surface area contributed by atoms with Crippen molar-refractivity contribution in [2.24, 2.45) is 52.3 Å². The molecule has 0 bridgehead atoms. The number of carbonyl (C=O) groups excluding carboxylic acids is 1. The van der Waals surface area contributed by atoms with Crippen LogP contribution in [-0.2, 0) is 19.0 Å². The molecule has 0 radical (unpaired) electrons. The molecule has 4 aliphatic carbocycles. The lowest BCUT2D eigenvalue weighted by atomic mass is 9.44. The van der Waals surface area contributed by atoms with E-state index >= 15 is 0 Å². The van der Waals surface area contributed by atoms with Crippen LogP contribution < -0.4 is 0 Å². The predicted molar refractivity (Wildman–Crippen MR) is 129 cm³/mol. The minimum Gasteiger partial charge on any atom is -0.460 e. The standard InChI is InChI=1S/C29H46O5/c1-16-8-11-29(32-15-16)17(2)26-24(34-29)13-22-20-7-6-19-12-23(31)25(33-18(3)30)14-28(19,5)21(20)9-10-27(22,26)4/h16-17,19-26,31H,6-15H2,1-5H3/t16-,17+,19+,20-,21+,22+,23-,24+,25+,26+,27+,28+,29-/m1/s1. The van der Waals surface area contributed by atoms with E-state index < -0.39 is 6.10 Å². The Morgan fingerprint density at radius 1 is 1.00 bits per heavy atom. The molecule has 6 rings (SSSR count). The van der Waals surface area contributed by atoms with Crippen LogP contribution in [0.2, 0.25) is 0 Å². The second kappa shape index (κ2) is 7.92. The third kappa shape index (κ3) is 3.24. The molecule has 0 amide bonds. The van der Waals surface area contributed by atoms with Crippen LogP contribution in [0.3, 0.4) is 0 Å². The van der Waals surface area contributed by atoms with Crippen LogP contribution in [0.25, 0.3) is 0 Å². The molecule has 5 heteroatoms. The van der Waals surface area contributed by atoms with Gasteiger partial charge in [-0.05, 0) is 97.7 Å². The Hall–Kier alpha value is -0.650. The van der Waals surface area contributed by atoms with Crippen LogP contribution >= 0.6 is 0 Å². The van der Waals surface area contributed by atoms with Crippen molar-refractivity contribution < 1.29 is 24.1 Å². The van der Waals surface area contributed by atoms with Gasteiger partial charge in [0.2, 0.25) is 0 Å². The van der Waals surface area contributed by atoms with Gasteiger partial charge >= 0.3 is 5.97 Å². The lowest BCUT2D eigenvalue weighted by Gasteiger charge is -2.62. The summed E-state index contributed by atoms with van der Waals surface area (Å²) in [4.78, 5) is 11.7. The first-order chi connectivity index (χ1) is 16.1. The highest BCUT2D eigenvalue weighted by Crippen LogP contribution is 2.71. The van der Waals surface area contributed by atoms with Gasteiger partial charge in [-0.3, -0.25) is 4.79 Å². The molecule has 1 N–H and O–H groups in total. The summed E-state index contributed by atoms with van der Waals surface area (Å²) >= 11 is 0. The van der Waals surface area contributed by atoms with Crippen molar-refractivity contribution in [3.8, 4) is 0 Å². The molecule has 5 nitrogen and oxygen atoms in total. The molecule has 2 aliphatic heterocycles. The van der Waals surface area contributed by atoms with E-state index in [4.69, 9.17) is 14.2 Å². The van der Waals surface area contributed by atoms with Crippen LogP contribution in [0.5, 0.6) is 0 Å². The van der Waals surface area contributed by atoms with E-state index in [-0.39, 0.29) is 23.3 Å². The fraction of sp³-hybridized carbons (Fsp3) is 0.966. The fourth-order valence-corrected chi connectivity index (χ4v) is 10.6. The Kier molecular flexibility index (Phi) is 5.53. The minimum absolute atomic E-state index is 0.150. The molecular formula is C29H46O5. The predicted octanol–water partition coefficient (Wildman–Crippen LogP) is 5.34. The van der Waals surface area contributed by atoms with E-state index in [0.717, 1.165) is 31.8 Å². The van der Waals surface area contributed by atoms with Gasteiger partial charge in [0.25, 0.3) is 0 Å². The van der Waals surface area contributed by atoms with Crippen LogP contribution in [0.15, 0.2) is 0 Å². The maximum absolute atomic E-state index is 11.7. The highest BCUT2D eigenvalue weighted by molar-refractivity contribution is 5.66. The fourth-order valence-electron chi connectivity index (χ4n) is 10.6. The quantitative estimate of drug-likeness (QED) is 0.520. The minimum atomic E-state index is -0.512. The maximum Gasteiger partial charge on any atom is 0.302 e. The molecule has 2 heterocycles. The highest BCUT2D eigenvalue weighted by atomic mass is 16.7. The first-order valence-electron chi connectivity index (χ1n) is 14.2. The van der Waals surface area contributed by atoms with Crippen molar-refractivity contribution in [1.29, 1.82) is 0 Å². The lowest BCUT2D eigenvalue weighted by Crippen LogP contribution is -2.57. The van der Waals surface area contributed by atoms with Crippen LogP contribution in [-0.4, -0.2) is 41.8 Å². The zero-order valence-corrected chi connectivity index (χ0v) is 21.9. The summed E-state index contributed by atoms with van der Waals surface area (Å²) in [7, 11) is 0. The van der Waals surface area contributed by atoms with Crippen molar-refractivity contribution >= 4 is 5.97 Å². The van der Waals surface area contributed by atoms with E-state index in [1.807, 2.05) is 0 Å². The normalized spacial score (nSPS) is 58.5. The van der Waals surface area contributed by atoms with Gasteiger partial charge in [-0.25, -0.2) is 0 Å². The van der Waals surface area contributed by atoms with E-state index in [9.17, 15) is 9.90 Å². The first-order valence-corrected chi connectivity index (χ1v) is 14.2.